The first-order valence-corrected chi connectivity index (χ1v) is 6.05. The summed E-state index contributed by atoms with van der Waals surface area (Å²) in [6.07, 6.45) is 1.80. The van der Waals surface area contributed by atoms with Crippen molar-refractivity contribution in [2.75, 3.05) is 5.32 Å². The van der Waals surface area contributed by atoms with E-state index in [4.69, 9.17) is 0 Å². The van der Waals surface area contributed by atoms with Gasteiger partial charge in [0.1, 0.15) is 0 Å². The molecule has 2 heterocycles. The topological polar surface area (TPSA) is 95.6 Å². The van der Waals surface area contributed by atoms with Crippen molar-refractivity contribution in [3.63, 3.8) is 0 Å². The molecule has 102 valence electrons. The summed E-state index contributed by atoms with van der Waals surface area (Å²) in [4.78, 5) is 26.1. The van der Waals surface area contributed by atoms with Crippen LogP contribution in [0.15, 0.2) is 11.0 Å². The lowest BCUT2D eigenvalue weighted by Crippen LogP contribution is -2.22. The van der Waals surface area contributed by atoms with Gasteiger partial charge in [-0.05, 0) is 20.8 Å². The van der Waals surface area contributed by atoms with Crippen molar-refractivity contribution in [1.82, 2.24) is 19.7 Å². The number of aryl methyl sites for hydroxylation is 2. The number of nitrogens with zero attached hydrogens (tertiary/aromatic N) is 2. The standard InChI is InChI=1S/C12H17N5O2/c1-7-9(3)17(12(19)14-7)5-4-11(18)15-10-6-13-16-8(10)2/h6H,4-5H2,1-3H3,(H,13,16)(H,14,19)(H,15,18). The molecule has 0 saturated heterocycles. The van der Waals surface area contributed by atoms with Gasteiger partial charge >= 0.3 is 5.69 Å². The van der Waals surface area contributed by atoms with Crippen molar-refractivity contribution in [1.29, 1.82) is 0 Å². The number of hydrogen-bond acceptors (Lipinski definition) is 3. The monoisotopic (exact) mass is 263 g/mol. The maximum absolute atomic E-state index is 11.8. The number of carbonyl (C=O) groups excluding carboxylic acids is 1. The Labute approximate surface area is 110 Å². The Hall–Kier alpha value is -2.31. The lowest BCUT2D eigenvalue weighted by molar-refractivity contribution is -0.116. The molecular formula is C12H17N5O2. The van der Waals surface area contributed by atoms with Gasteiger partial charge in [-0.2, -0.15) is 5.10 Å². The highest BCUT2D eigenvalue weighted by atomic mass is 16.2. The van der Waals surface area contributed by atoms with Crippen LogP contribution in [0.1, 0.15) is 23.5 Å². The Balaban J connectivity index is 1.97. The first-order chi connectivity index (χ1) is 8.99. The molecule has 2 rings (SSSR count). The first kappa shape index (κ1) is 13.1. The number of imidazole rings is 1. The SMILES string of the molecule is Cc1[nH]ncc1NC(=O)CCn1c(C)c(C)[nH]c1=O. The highest BCUT2D eigenvalue weighted by Crippen LogP contribution is 2.10. The number of amides is 1. The van der Waals surface area contributed by atoms with Gasteiger partial charge in [0.2, 0.25) is 5.91 Å². The van der Waals surface area contributed by atoms with Crippen molar-refractivity contribution in [3.05, 3.63) is 33.8 Å². The second-order valence-corrected chi connectivity index (χ2v) is 4.50. The average Bonchev–Trinajstić information content (AvgIpc) is 2.84. The molecule has 1 amide bonds. The van der Waals surface area contributed by atoms with Crippen molar-refractivity contribution < 1.29 is 4.79 Å². The Morgan fingerprint density at radius 3 is 2.63 bits per heavy atom. The number of anilines is 1. The number of aromatic amines is 2. The Kier molecular flexibility index (Phi) is 3.55. The molecule has 0 aromatic carbocycles. The average molecular weight is 263 g/mol. The summed E-state index contributed by atoms with van der Waals surface area (Å²) < 4.78 is 1.57. The van der Waals surface area contributed by atoms with Gasteiger partial charge in [-0.1, -0.05) is 0 Å². The predicted molar refractivity (Wildman–Crippen MR) is 71.1 cm³/mol. The summed E-state index contributed by atoms with van der Waals surface area (Å²) in [5, 5.41) is 9.32. The third kappa shape index (κ3) is 2.75. The normalized spacial score (nSPS) is 10.7. The second kappa shape index (κ2) is 5.13. The van der Waals surface area contributed by atoms with Crippen LogP contribution in [-0.4, -0.2) is 25.7 Å². The molecule has 0 unspecified atom stereocenters. The molecule has 0 fully saturated rings. The molecule has 7 nitrogen and oxygen atoms in total. The Bertz CT molecular complexity index is 649. The molecular weight excluding hydrogens is 246 g/mol. The van der Waals surface area contributed by atoms with Gasteiger partial charge in [-0.25, -0.2) is 4.79 Å². The van der Waals surface area contributed by atoms with Crippen molar-refractivity contribution >= 4 is 11.6 Å². The van der Waals surface area contributed by atoms with E-state index in [1.54, 1.807) is 10.8 Å². The van der Waals surface area contributed by atoms with E-state index in [9.17, 15) is 9.59 Å². The minimum Gasteiger partial charge on any atom is -0.323 e. The van der Waals surface area contributed by atoms with Crippen molar-refractivity contribution in [3.8, 4) is 0 Å². The van der Waals surface area contributed by atoms with Crippen LogP contribution in [0.4, 0.5) is 5.69 Å². The molecule has 0 radical (unpaired) electrons. The lowest BCUT2D eigenvalue weighted by atomic mass is 10.3. The number of H-pyrrole nitrogens is 2. The van der Waals surface area contributed by atoms with Crippen LogP contribution in [0.5, 0.6) is 0 Å². The Morgan fingerprint density at radius 2 is 2.11 bits per heavy atom. The van der Waals surface area contributed by atoms with Gasteiger partial charge in [0.15, 0.2) is 0 Å². The van der Waals surface area contributed by atoms with Gasteiger partial charge in [0, 0.05) is 24.4 Å². The highest BCUT2D eigenvalue weighted by molar-refractivity contribution is 5.90. The fourth-order valence-corrected chi connectivity index (χ4v) is 1.85. The molecule has 0 aliphatic rings. The van der Waals surface area contributed by atoms with Crippen LogP contribution in [-0.2, 0) is 11.3 Å². The summed E-state index contributed by atoms with van der Waals surface area (Å²) in [7, 11) is 0. The zero-order chi connectivity index (χ0) is 14.0. The summed E-state index contributed by atoms with van der Waals surface area (Å²) in [5.74, 6) is -0.144. The molecule has 0 spiro atoms. The molecule has 0 aliphatic carbocycles. The third-order valence-corrected chi connectivity index (χ3v) is 3.15. The largest absolute Gasteiger partial charge is 0.325 e. The number of aromatic nitrogens is 4. The number of carbonyl (C=O) groups is 1. The van der Waals surface area contributed by atoms with Crippen LogP contribution in [0.25, 0.3) is 0 Å². The Morgan fingerprint density at radius 1 is 1.37 bits per heavy atom. The van der Waals surface area contributed by atoms with E-state index in [0.717, 1.165) is 17.1 Å². The van der Waals surface area contributed by atoms with Crippen LogP contribution in [0.2, 0.25) is 0 Å². The smallest absolute Gasteiger partial charge is 0.323 e. The first-order valence-electron chi connectivity index (χ1n) is 6.05. The lowest BCUT2D eigenvalue weighted by Gasteiger charge is -2.05. The fourth-order valence-electron chi connectivity index (χ4n) is 1.85. The van der Waals surface area contributed by atoms with Gasteiger partial charge < -0.3 is 10.3 Å². The summed E-state index contributed by atoms with van der Waals surface area (Å²) in [5.41, 5.74) is 2.98. The predicted octanol–water partition coefficient (Wildman–Crippen LogP) is 0.854. The van der Waals surface area contributed by atoms with E-state index >= 15 is 0 Å². The molecule has 0 atom stereocenters. The van der Waals surface area contributed by atoms with Crippen LogP contribution in [0, 0.1) is 20.8 Å². The summed E-state index contributed by atoms with van der Waals surface area (Å²) in [6.45, 7) is 5.87. The molecule has 7 heteroatoms. The molecule has 19 heavy (non-hydrogen) atoms. The summed E-state index contributed by atoms with van der Waals surface area (Å²) >= 11 is 0. The fraction of sp³-hybridized carbons (Fsp3) is 0.417. The third-order valence-electron chi connectivity index (χ3n) is 3.15. The number of rotatable bonds is 4. The van der Waals surface area contributed by atoms with E-state index in [1.165, 1.54) is 0 Å². The molecule has 0 aliphatic heterocycles. The van der Waals surface area contributed by atoms with E-state index in [0.29, 0.717) is 12.2 Å². The zero-order valence-electron chi connectivity index (χ0n) is 11.2. The molecule has 2 aromatic heterocycles. The molecule has 2 aromatic rings. The van der Waals surface area contributed by atoms with Gasteiger partial charge in [-0.3, -0.25) is 14.5 Å². The van der Waals surface area contributed by atoms with E-state index in [2.05, 4.69) is 20.5 Å². The maximum Gasteiger partial charge on any atom is 0.325 e. The quantitative estimate of drug-likeness (QED) is 0.763. The minimum atomic E-state index is -0.178. The van der Waals surface area contributed by atoms with Crippen LogP contribution >= 0.6 is 0 Å². The molecule has 3 N–H and O–H groups in total. The zero-order valence-corrected chi connectivity index (χ0v) is 11.2. The van der Waals surface area contributed by atoms with Gasteiger partial charge in [-0.15, -0.1) is 0 Å². The maximum atomic E-state index is 11.8. The van der Waals surface area contributed by atoms with Gasteiger partial charge in [0.25, 0.3) is 0 Å². The highest BCUT2D eigenvalue weighted by Gasteiger charge is 2.10. The second-order valence-electron chi connectivity index (χ2n) is 4.50. The van der Waals surface area contributed by atoms with Crippen molar-refractivity contribution in [2.24, 2.45) is 0 Å². The van der Waals surface area contributed by atoms with Crippen molar-refractivity contribution in [2.45, 2.75) is 33.7 Å². The minimum absolute atomic E-state index is 0.144. The molecule has 0 saturated carbocycles. The van der Waals surface area contributed by atoms with E-state index in [-0.39, 0.29) is 18.0 Å². The summed E-state index contributed by atoms with van der Waals surface area (Å²) in [6, 6.07) is 0. The van der Waals surface area contributed by atoms with Gasteiger partial charge in [0.05, 0.1) is 17.6 Å². The van der Waals surface area contributed by atoms with E-state index < -0.39 is 0 Å². The molecule has 0 bridgehead atoms. The number of nitrogens with one attached hydrogen (secondary N) is 3. The van der Waals surface area contributed by atoms with Crippen LogP contribution < -0.4 is 11.0 Å². The van der Waals surface area contributed by atoms with Crippen LogP contribution in [0.3, 0.4) is 0 Å². The number of hydrogen-bond donors (Lipinski definition) is 3. The van der Waals surface area contributed by atoms with E-state index in [1.807, 2.05) is 20.8 Å².